The summed E-state index contributed by atoms with van der Waals surface area (Å²) in [4.78, 5) is 89.9. The Balaban J connectivity index is 0.00000254. The number of aromatic amines is 1. The maximum Gasteiger partial charge on any atom is 2.00 e. The summed E-state index contributed by atoms with van der Waals surface area (Å²) in [6, 6.07) is 0. The Labute approximate surface area is 531 Å². The molecule has 5 atom stereocenters. The number of carbonyl (C=O) groups is 6. The van der Waals surface area contributed by atoms with Crippen LogP contribution < -0.4 is 10.4 Å². The fourth-order valence-electron chi connectivity index (χ4n) is 11.7. The maximum atomic E-state index is 15.4. The van der Waals surface area contributed by atoms with Gasteiger partial charge in [-0.05, 0) is 133 Å². The number of carboxylic acids is 1. The predicted molar refractivity (Wildman–Crippen MR) is 342 cm³/mol. The molecular weight excluding hydrogens is 1140 g/mol. The zero-order valence-corrected chi connectivity index (χ0v) is 62.0. The number of carboxylic acid groups (broad SMARTS) is 1. The molecule has 2 heterocycles. The first-order chi connectivity index (χ1) is 38.0. The number of hydrogen-bond donors (Lipinski definition) is 2. The number of aromatic nitrogens is 1. The molecule has 2 aliphatic carbocycles. The van der Waals surface area contributed by atoms with Crippen molar-refractivity contribution < 1.29 is 67.6 Å². The molecule has 1 aromatic rings. The molecule has 0 spiro atoms. The van der Waals surface area contributed by atoms with Gasteiger partial charge in [0.1, 0.15) is 30.2 Å². The summed E-state index contributed by atoms with van der Waals surface area (Å²) in [6.45, 7) is 57.3. The second-order valence-corrected chi connectivity index (χ2v) is 33.6. The van der Waals surface area contributed by atoms with E-state index >= 15 is 9.59 Å². The third kappa shape index (κ3) is 20.4. The maximum absolute atomic E-state index is 15.4. The SMILES string of the molecule is CCC(C)(C)C(=O)OCCSC(C)C(=O)N=C1[N-]/C(=C\c2[nH]c(NC(=O)C(C)(C)C)c(C(=O)OC3C(C(C)(C)C)CC(C)CC3C(C)(C)C)c2C(C)C)C(C(C)C)=C1C(=O)OC1C(C(C)(C)C)CC(C)CC1C(C)(C)C.CCC(C)(C)C(=O)[O-].[Zn+2]. The smallest absolute Gasteiger partial charge is 0.550 e. The molecular formula is C69H114N4O10SZn. The molecule has 1 aliphatic heterocycles. The van der Waals surface area contributed by atoms with Crippen molar-refractivity contribution in [3.63, 3.8) is 0 Å². The van der Waals surface area contributed by atoms with Crippen molar-refractivity contribution in [1.29, 1.82) is 0 Å². The van der Waals surface area contributed by atoms with Gasteiger partial charge in [0.25, 0.3) is 0 Å². The number of hydrogen-bond acceptors (Lipinski definition) is 11. The molecule has 2 saturated carbocycles. The molecule has 16 heteroatoms. The van der Waals surface area contributed by atoms with Crippen molar-refractivity contribution in [2.24, 2.45) is 84.3 Å². The first-order valence-electron chi connectivity index (χ1n) is 31.3. The van der Waals surface area contributed by atoms with E-state index in [0.717, 1.165) is 25.7 Å². The van der Waals surface area contributed by atoms with E-state index in [9.17, 15) is 24.3 Å². The monoisotopic (exact) mass is 1250 g/mol. The van der Waals surface area contributed by atoms with Crippen LogP contribution in [-0.4, -0.2) is 76.3 Å². The van der Waals surface area contributed by atoms with Crippen molar-refractivity contribution in [1.82, 2.24) is 4.98 Å². The molecule has 2 N–H and O–H groups in total. The summed E-state index contributed by atoms with van der Waals surface area (Å²) in [5, 5.41) is 17.6. The van der Waals surface area contributed by atoms with Crippen LogP contribution in [0.5, 0.6) is 0 Å². The summed E-state index contributed by atoms with van der Waals surface area (Å²) in [6.07, 6.45) is 5.90. The van der Waals surface area contributed by atoms with Gasteiger partial charge in [-0.2, -0.15) is 0 Å². The quantitative estimate of drug-likeness (QED) is 0.0649. The van der Waals surface area contributed by atoms with Gasteiger partial charge in [0, 0.05) is 51.9 Å². The van der Waals surface area contributed by atoms with Crippen LogP contribution in [0.25, 0.3) is 11.4 Å². The number of H-pyrrole nitrogens is 1. The minimum absolute atomic E-state index is 0. The average molecular weight is 1260 g/mol. The van der Waals surface area contributed by atoms with Crippen LogP contribution in [0.2, 0.25) is 0 Å². The normalized spacial score (nSPS) is 24.1. The summed E-state index contributed by atoms with van der Waals surface area (Å²) in [5.41, 5.74) is -0.296. The summed E-state index contributed by atoms with van der Waals surface area (Å²) in [5.74, 6) is -2.00. The second-order valence-electron chi connectivity index (χ2n) is 32.1. The first kappa shape index (κ1) is 77.3. The number of amides is 2. The van der Waals surface area contributed by atoms with Crippen molar-refractivity contribution in [3.05, 3.63) is 39.0 Å². The van der Waals surface area contributed by atoms with Crippen LogP contribution in [0.3, 0.4) is 0 Å². The molecule has 478 valence electrons. The van der Waals surface area contributed by atoms with Gasteiger partial charge < -0.3 is 44.7 Å². The fourth-order valence-corrected chi connectivity index (χ4v) is 12.4. The van der Waals surface area contributed by atoms with Crippen LogP contribution >= 0.6 is 11.8 Å². The Morgan fingerprint density at radius 3 is 1.45 bits per heavy atom. The van der Waals surface area contributed by atoms with Crippen LogP contribution in [-0.2, 0) is 57.7 Å². The van der Waals surface area contributed by atoms with E-state index in [2.05, 4.69) is 112 Å². The van der Waals surface area contributed by atoms with Gasteiger partial charge in [-0.15, -0.1) is 11.8 Å². The number of allylic oxidation sites excluding steroid dienone is 1. The molecule has 85 heavy (non-hydrogen) atoms. The standard InChI is InChI=1S/C63H104N4O8S.C6H12O2.Zn/c1-26-63(24,25)57(72)73-27-28-76-38(8)53(68)66-51-47(54(69)74-49-39(58(9,10)11)29-36(6)30-40(49)59(12,13)14)45(34(2)3)43(64-51)33-44-46(35(4)5)48(52(65-44)67-56(71)62(21,22)23)55(70)75-50-41(60(15,16)17)31-37(7)32-42(50)61(18,19)20;1-4-6(2,3)5(7)8;/h33-42,49-50H,26-32H2,1-25H3,(H3,64,65,66,67,68,69,70,71);4H2,1-3H3,(H,7,8);/q;;+2/p-2. The van der Waals surface area contributed by atoms with Crippen LogP contribution in [0, 0.1) is 79.3 Å². The second kappa shape index (κ2) is 29.7. The molecule has 1 aromatic heterocycles. The van der Waals surface area contributed by atoms with E-state index in [0.29, 0.717) is 53.0 Å². The largest absolute Gasteiger partial charge is 2.00 e. The Morgan fingerprint density at radius 2 is 1.09 bits per heavy atom. The summed E-state index contributed by atoms with van der Waals surface area (Å²) < 4.78 is 19.3. The van der Waals surface area contributed by atoms with E-state index in [4.69, 9.17) is 19.5 Å². The molecule has 0 bridgehead atoms. The number of carbonyl (C=O) groups excluding carboxylic acids is 6. The van der Waals surface area contributed by atoms with E-state index < -0.39 is 51.4 Å². The van der Waals surface area contributed by atoms with Crippen molar-refractivity contribution in [2.75, 3.05) is 17.7 Å². The van der Waals surface area contributed by atoms with Crippen molar-refractivity contribution in [2.45, 2.75) is 256 Å². The number of ether oxygens (including phenoxy) is 3. The van der Waals surface area contributed by atoms with E-state index in [1.165, 1.54) is 11.8 Å². The molecule has 2 amide bonds. The van der Waals surface area contributed by atoms with Gasteiger partial charge in [-0.1, -0.05) is 173 Å². The molecule has 2 fully saturated rings. The number of nitrogens with zero attached hydrogens (tertiary/aromatic N) is 2. The van der Waals surface area contributed by atoms with E-state index in [1.807, 2.05) is 82.2 Å². The molecule has 4 rings (SSSR count). The number of aliphatic carboxylic acids is 1. The third-order valence-corrected chi connectivity index (χ3v) is 19.2. The van der Waals surface area contributed by atoms with Gasteiger partial charge in [-0.25, -0.2) is 9.59 Å². The average Bonchev–Trinajstić information content (AvgIpc) is 4.08. The zero-order valence-electron chi connectivity index (χ0n) is 58.2. The number of nitrogens with one attached hydrogen (secondary N) is 2. The molecule has 5 unspecified atom stereocenters. The predicted octanol–water partition coefficient (Wildman–Crippen LogP) is 15.9. The minimum atomic E-state index is -0.972. The van der Waals surface area contributed by atoms with Gasteiger partial charge in [0.2, 0.25) is 5.91 Å². The zero-order chi connectivity index (χ0) is 65.0. The van der Waals surface area contributed by atoms with Crippen LogP contribution in [0.15, 0.2) is 21.8 Å². The number of aliphatic imine (C=N–C) groups is 1. The van der Waals surface area contributed by atoms with Crippen molar-refractivity contribution in [3.8, 4) is 0 Å². The number of thioether (sulfide) groups is 1. The Bertz CT molecular complexity index is 2560. The Morgan fingerprint density at radius 1 is 0.671 bits per heavy atom. The van der Waals surface area contributed by atoms with E-state index in [-0.39, 0.29) is 124 Å². The molecule has 14 nitrogen and oxygen atoms in total. The third-order valence-electron chi connectivity index (χ3n) is 18.1. The van der Waals surface area contributed by atoms with Gasteiger partial charge >= 0.3 is 37.4 Å². The Hall–Kier alpha value is -3.78. The summed E-state index contributed by atoms with van der Waals surface area (Å²) in [7, 11) is 0. The van der Waals surface area contributed by atoms with Crippen molar-refractivity contribution >= 4 is 65.2 Å². The topological polar surface area (TPSA) is 207 Å². The van der Waals surface area contributed by atoms with Gasteiger partial charge in [0.15, 0.2) is 5.91 Å². The van der Waals surface area contributed by atoms with Gasteiger partial charge in [0.05, 0.1) is 16.2 Å². The summed E-state index contributed by atoms with van der Waals surface area (Å²) >= 11 is 1.31. The number of rotatable bonds is 17. The fraction of sp³-hybridized carbons (Fsp3) is 0.783. The minimum Gasteiger partial charge on any atom is -0.550 e. The number of anilines is 1. The van der Waals surface area contributed by atoms with Crippen LogP contribution in [0.4, 0.5) is 5.82 Å². The van der Waals surface area contributed by atoms with E-state index in [1.54, 1.807) is 20.8 Å². The number of amidine groups is 1. The Kier molecular flexibility index (Phi) is 27.0. The van der Waals surface area contributed by atoms with Gasteiger partial charge in [-0.3, -0.25) is 14.4 Å². The first-order valence-corrected chi connectivity index (χ1v) is 32.4. The molecule has 0 saturated heterocycles. The molecule has 0 radical (unpaired) electrons. The number of esters is 3. The van der Waals surface area contributed by atoms with Crippen LogP contribution in [0.1, 0.15) is 260 Å². The molecule has 3 aliphatic rings. The molecule has 0 aromatic carbocycles.